The van der Waals surface area contributed by atoms with Crippen molar-refractivity contribution in [3.05, 3.63) is 0 Å². The summed E-state index contributed by atoms with van der Waals surface area (Å²) in [5.74, 6) is 0.109. The number of hydrogen-bond donors (Lipinski definition) is 1. The first-order chi connectivity index (χ1) is 7.25. The van der Waals surface area contributed by atoms with Crippen LogP contribution in [0, 0.1) is 0 Å². The van der Waals surface area contributed by atoms with Gasteiger partial charge < -0.3 is 15.4 Å². The van der Waals surface area contributed by atoms with Gasteiger partial charge in [-0.2, -0.15) is 0 Å². The van der Waals surface area contributed by atoms with Crippen molar-refractivity contribution in [3.8, 4) is 0 Å². The van der Waals surface area contributed by atoms with E-state index in [1.54, 1.807) is 0 Å². The van der Waals surface area contributed by atoms with Crippen LogP contribution in [0.3, 0.4) is 0 Å². The second-order valence-electron chi connectivity index (χ2n) is 4.13. The molecule has 0 aromatic heterocycles. The summed E-state index contributed by atoms with van der Waals surface area (Å²) in [6.45, 7) is 4.12. The summed E-state index contributed by atoms with van der Waals surface area (Å²) in [6.07, 6.45) is 4.70. The molecule has 1 saturated heterocycles. The van der Waals surface area contributed by atoms with E-state index in [9.17, 15) is 4.79 Å². The zero-order valence-electron chi connectivity index (χ0n) is 9.58. The van der Waals surface area contributed by atoms with Gasteiger partial charge in [-0.1, -0.05) is 12.8 Å². The maximum absolute atomic E-state index is 11.8. The van der Waals surface area contributed by atoms with Crippen LogP contribution < -0.4 is 5.73 Å². The van der Waals surface area contributed by atoms with E-state index in [4.69, 9.17) is 10.5 Å². The van der Waals surface area contributed by atoms with Crippen molar-refractivity contribution in [2.75, 3.05) is 26.3 Å². The van der Waals surface area contributed by atoms with Crippen LogP contribution in [0.1, 0.15) is 32.6 Å². The number of carbonyl (C=O) groups excluding carboxylic acids is 1. The van der Waals surface area contributed by atoms with Crippen molar-refractivity contribution < 1.29 is 9.53 Å². The maximum atomic E-state index is 11.8. The van der Waals surface area contributed by atoms with Gasteiger partial charge in [-0.05, 0) is 19.8 Å². The Morgan fingerprint density at radius 3 is 3.00 bits per heavy atom. The van der Waals surface area contributed by atoms with E-state index in [2.05, 4.69) is 6.92 Å². The molecule has 0 saturated carbocycles. The molecule has 1 fully saturated rings. The van der Waals surface area contributed by atoms with E-state index in [0.717, 1.165) is 19.4 Å². The first-order valence-electron chi connectivity index (χ1n) is 5.83. The van der Waals surface area contributed by atoms with E-state index in [1.165, 1.54) is 12.8 Å². The molecule has 1 atom stereocenters. The lowest BCUT2D eigenvalue weighted by atomic mass is 10.1. The van der Waals surface area contributed by atoms with E-state index in [-0.39, 0.29) is 12.5 Å². The fourth-order valence-electron chi connectivity index (χ4n) is 1.97. The smallest absolute Gasteiger partial charge is 0.248 e. The molecular formula is C11H22N2O2. The normalized spacial score (nSPS) is 22.5. The van der Waals surface area contributed by atoms with Crippen molar-refractivity contribution in [2.45, 2.75) is 38.6 Å². The molecule has 0 aliphatic carbocycles. The lowest BCUT2D eigenvalue weighted by molar-refractivity contribution is -0.138. The quantitative estimate of drug-likeness (QED) is 0.703. The molecular weight excluding hydrogens is 192 g/mol. The summed E-state index contributed by atoms with van der Waals surface area (Å²) in [7, 11) is 0. The molecule has 2 N–H and O–H groups in total. The Hall–Kier alpha value is -0.610. The Kier molecular flexibility index (Phi) is 5.65. The number of amides is 1. The van der Waals surface area contributed by atoms with E-state index in [0.29, 0.717) is 19.2 Å². The largest absolute Gasteiger partial charge is 0.370 e. The van der Waals surface area contributed by atoms with Gasteiger partial charge in [-0.15, -0.1) is 0 Å². The highest BCUT2D eigenvalue weighted by Crippen LogP contribution is 2.16. The summed E-state index contributed by atoms with van der Waals surface area (Å²) in [6, 6.07) is 0.362. The van der Waals surface area contributed by atoms with Crippen molar-refractivity contribution in [2.24, 2.45) is 5.73 Å². The maximum Gasteiger partial charge on any atom is 0.248 e. The molecule has 0 aromatic rings. The number of carbonyl (C=O) groups is 1. The first kappa shape index (κ1) is 12.5. The first-order valence-corrected chi connectivity index (χ1v) is 5.83. The number of nitrogens with zero attached hydrogens (tertiary/aromatic N) is 1. The van der Waals surface area contributed by atoms with Crippen molar-refractivity contribution in [3.63, 3.8) is 0 Å². The van der Waals surface area contributed by atoms with Crippen LogP contribution in [0.4, 0.5) is 0 Å². The highest BCUT2D eigenvalue weighted by atomic mass is 16.5. The number of hydrogen-bond acceptors (Lipinski definition) is 3. The number of rotatable bonds is 4. The van der Waals surface area contributed by atoms with Crippen molar-refractivity contribution in [1.82, 2.24) is 4.90 Å². The predicted molar refractivity (Wildman–Crippen MR) is 59.5 cm³/mol. The molecule has 1 rings (SSSR count). The third-order valence-electron chi connectivity index (χ3n) is 2.86. The van der Waals surface area contributed by atoms with Crippen LogP contribution in [0.25, 0.3) is 0 Å². The molecule has 4 nitrogen and oxygen atoms in total. The van der Waals surface area contributed by atoms with Gasteiger partial charge in [-0.25, -0.2) is 0 Å². The van der Waals surface area contributed by atoms with Gasteiger partial charge in [-0.3, -0.25) is 4.79 Å². The van der Waals surface area contributed by atoms with Crippen LogP contribution in [-0.2, 0) is 9.53 Å². The Labute approximate surface area is 91.8 Å². The molecule has 0 aromatic carbocycles. The number of nitrogens with two attached hydrogens (primary N) is 1. The highest BCUT2D eigenvalue weighted by Gasteiger charge is 2.21. The molecule has 0 radical (unpaired) electrons. The molecule has 0 spiro atoms. The molecule has 1 unspecified atom stereocenters. The second kappa shape index (κ2) is 6.80. The molecule has 1 amide bonds. The van der Waals surface area contributed by atoms with Crippen molar-refractivity contribution >= 4 is 5.91 Å². The predicted octanol–water partition coefficient (Wildman–Crippen LogP) is 0.753. The standard InChI is InChI=1S/C11H22N2O2/c1-10-5-3-2-4-7-13(10)11(14)9-15-8-6-12/h10H,2-9,12H2,1H3. The zero-order valence-corrected chi connectivity index (χ0v) is 9.58. The highest BCUT2D eigenvalue weighted by molar-refractivity contribution is 5.77. The minimum absolute atomic E-state index is 0.109. The lowest BCUT2D eigenvalue weighted by Crippen LogP contribution is -2.40. The van der Waals surface area contributed by atoms with Gasteiger partial charge in [0.05, 0.1) is 6.61 Å². The summed E-state index contributed by atoms with van der Waals surface area (Å²) in [5.41, 5.74) is 5.30. The molecule has 88 valence electrons. The summed E-state index contributed by atoms with van der Waals surface area (Å²) >= 11 is 0. The fraction of sp³-hybridized carbons (Fsp3) is 0.909. The lowest BCUT2D eigenvalue weighted by Gasteiger charge is -2.27. The van der Waals surface area contributed by atoms with Crippen LogP contribution >= 0.6 is 0 Å². The average Bonchev–Trinajstić information content (AvgIpc) is 2.43. The van der Waals surface area contributed by atoms with Crippen LogP contribution in [0.5, 0.6) is 0 Å². The van der Waals surface area contributed by atoms with Crippen LogP contribution in [0.2, 0.25) is 0 Å². The Balaban J connectivity index is 2.34. The molecule has 1 heterocycles. The van der Waals surface area contributed by atoms with Gasteiger partial charge in [0, 0.05) is 19.1 Å². The Morgan fingerprint density at radius 2 is 2.27 bits per heavy atom. The Bertz CT molecular complexity index is 197. The summed E-state index contributed by atoms with van der Waals surface area (Å²) < 4.78 is 5.17. The Morgan fingerprint density at radius 1 is 1.47 bits per heavy atom. The minimum Gasteiger partial charge on any atom is -0.370 e. The molecule has 1 aliphatic rings. The van der Waals surface area contributed by atoms with Crippen molar-refractivity contribution in [1.29, 1.82) is 0 Å². The average molecular weight is 214 g/mol. The molecule has 15 heavy (non-hydrogen) atoms. The second-order valence-corrected chi connectivity index (χ2v) is 4.13. The molecule has 4 heteroatoms. The zero-order chi connectivity index (χ0) is 11.1. The fourth-order valence-corrected chi connectivity index (χ4v) is 1.97. The van der Waals surface area contributed by atoms with Crippen LogP contribution in [-0.4, -0.2) is 43.2 Å². The summed E-state index contributed by atoms with van der Waals surface area (Å²) in [4.78, 5) is 13.7. The minimum atomic E-state index is 0.109. The van der Waals surface area contributed by atoms with Gasteiger partial charge in [0.25, 0.3) is 0 Å². The van der Waals surface area contributed by atoms with E-state index >= 15 is 0 Å². The number of likely N-dealkylation sites (tertiary alicyclic amines) is 1. The third kappa shape index (κ3) is 4.18. The van der Waals surface area contributed by atoms with Crippen LogP contribution in [0.15, 0.2) is 0 Å². The van der Waals surface area contributed by atoms with E-state index < -0.39 is 0 Å². The molecule has 0 bridgehead atoms. The third-order valence-corrected chi connectivity index (χ3v) is 2.86. The topological polar surface area (TPSA) is 55.6 Å². The van der Waals surface area contributed by atoms with Gasteiger partial charge in [0.2, 0.25) is 5.91 Å². The van der Waals surface area contributed by atoms with E-state index in [1.807, 2.05) is 4.90 Å². The van der Waals surface area contributed by atoms with Gasteiger partial charge in [0.15, 0.2) is 0 Å². The molecule has 1 aliphatic heterocycles. The monoisotopic (exact) mass is 214 g/mol. The summed E-state index contributed by atoms with van der Waals surface area (Å²) in [5, 5.41) is 0. The number of ether oxygens (including phenoxy) is 1. The van der Waals surface area contributed by atoms with Gasteiger partial charge in [0.1, 0.15) is 6.61 Å². The SMILES string of the molecule is CC1CCCCCN1C(=O)COCCN. The van der Waals surface area contributed by atoms with Gasteiger partial charge >= 0.3 is 0 Å².